The van der Waals surface area contributed by atoms with E-state index in [9.17, 15) is 4.39 Å². The standard InChI is InChI=1S/C15H15BrFNO/c16-14-4-2-1-3-12(14)9-19-10-13-7-11(8-18)5-6-15(13)17/h1-7H,8-10,18H2. The van der Waals surface area contributed by atoms with E-state index >= 15 is 0 Å². The number of ether oxygens (including phenoxy) is 1. The van der Waals surface area contributed by atoms with Crippen LogP contribution in [-0.2, 0) is 24.5 Å². The maximum Gasteiger partial charge on any atom is 0.128 e. The molecule has 2 aromatic carbocycles. The average Bonchev–Trinajstić information content (AvgIpc) is 2.43. The van der Waals surface area contributed by atoms with Crippen LogP contribution in [0, 0.1) is 5.82 Å². The van der Waals surface area contributed by atoms with Gasteiger partial charge in [0.1, 0.15) is 5.82 Å². The molecule has 2 nitrogen and oxygen atoms in total. The van der Waals surface area contributed by atoms with E-state index in [2.05, 4.69) is 15.9 Å². The molecule has 0 amide bonds. The Balaban J connectivity index is 1.98. The van der Waals surface area contributed by atoms with E-state index in [1.54, 1.807) is 12.1 Å². The Morgan fingerprint density at radius 2 is 1.79 bits per heavy atom. The van der Waals surface area contributed by atoms with E-state index < -0.39 is 0 Å². The molecule has 0 heterocycles. The normalized spacial score (nSPS) is 10.7. The molecule has 0 aliphatic carbocycles. The van der Waals surface area contributed by atoms with Crippen molar-refractivity contribution in [2.24, 2.45) is 5.73 Å². The lowest BCUT2D eigenvalue weighted by molar-refractivity contribution is 0.104. The predicted molar refractivity (Wildman–Crippen MR) is 76.9 cm³/mol. The Hall–Kier alpha value is -1.23. The molecule has 0 fully saturated rings. The van der Waals surface area contributed by atoms with Crippen LogP contribution in [0.25, 0.3) is 0 Å². The van der Waals surface area contributed by atoms with Crippen LogP contribution < -0.4 is 5.73 Å². The van der Waals surface area contributed by atoms with Gasteiger partial charge in [-0.15, -0.1) is 0 Å². The lowest BCUT2D eigenvalue weighted by Crippen LogP contribution is -2.01. The van der Waals surface area contributed by atoms with Gasteiger partial charge in [-0.05, 0) is 29.3 Å². The molecular formula is C15H15BrFNO. The van der Waals surface area contributed by atoms with Gasteiger partial charge in [0.05, 0.1) is 13.2 Å². The van der Waals surface area contributed by atoms with E-state index in [-0.39, 0.29) is 12.4 Å². The second-order valence-electron chi connectivity index (χ2n) is 4.21. The molecule has 0 radical (unpaired) electrons. The van der Waals surface area contributed by atoms with Gasteiger partial charge in [0, 0.05) is 16.6 Å². The summed E-state index contributed by atoms with van der Waals surface area (Å²) in [6.07, 6.45) is 0. The Kier molecular flexibility index (Phi) is 5.07. The Labute approximate surface area is 120 Å². The minimum atomic E-state index is -0.260. The molecule has 2 aromatic rings. The summed E-state index contributed by atoms with van der Waals surface area (Å²) < 4.78 is 20.1. The molecule has 0 bridgehead atoms. The molecule has 0 atom stereocenters. The van der Waals surface area contributed by atoms with E-state index in [1.807, 2.05) is 24.3 Å². The summed E-state index contributed by atoms with van der Waals surface area (Å²) in [7, 11) is 0. The highest BCUT2D eigenvalue weighted by Crippen LogP contribution is 2.18. The molecule has 0 saturated heterocycles. The van der Waals surface area contributed by atoms with Gasteiger partial charge in [-0.25, -0.2) is 4.39 Å². The van der Waals surface area contributed by atoms with Crippen molar-refractivity contribution in [1.82, 2.24) is 0 Å². The molecule has 0 aromatic heterocycles. The van der Waals surface area contributed by atoms with Gasteiger partial charge in [-0.3, -0.25) is 0 Å². The summed E-state index contributed by atoms with van der Waals surface area (Å²) in [6, 6.07) is 12.7. The van der Waals surface area contributed by atoms with Gasteiger partial charge in [0.2, 0.25) is 0 Å². The van der Waals surface area contributed by atoms with Crippen molar-refractivity contribution >= 4 is 15.9 Å². The zero-order chi connectivity index (χ0) is 13.7. The Bertz CT molecular complexity index is 560. The quantitative estimate of drug-likeness (QED) is 0.909. The SMILES string of the molecule is NCc1ccc(F)c(COCc2ccccc2Br)c1. The number of halogens is 2. The van der Waals surface area contributed by atoms with Crippen LogP contribution in [0.5, 0.6) is 0 Å². The highest BCUT2D eigenvalue weighted by molar-refractivity contribution is 9.10. The van der Waals surface area contributed by atoms with E-state index in [0.29, 0.717) is 18.7 Å². The second kappa shape index (κ2) is 6.80. The van der Waals surface area contributed by atoms with Crippen LogP contribution in [0.4, 0.5) is 4.39 Å². The average molecular weight is 324 g/mol. The molecule has 0 aliphatic heterocycles. The van der Waals surface area contributed by atoms with Crippen molar-refractivity contribution in [1.29, 1.82) is 0 Å². The maximum atomic E-state index is 13.6. The Morgan fingerprint density at radius 3 is 2.53 bits per heavy atom. The number of nitrogens with two attached hydrogens (primary N) is 1. The van der Waals surface area contributed by atoms with Crippen LogP contribution >= 0.6 is 15.9 Å². The summed E-state index contributed by atoms with van der Waals surface area (Å²) in [5, 5.41) is 0. The first-order valence-electron chi connectivity index (χ1n) is 5.99. The van der Waals surface area contributed by atoms with Gasteiger partial charge in [-0.2, -0.15) is 0 Å². The highest BCUT2D eigenvalue weighted by atomic mass is 79.9. The largest absolute Gasteiger partial charge is 0.372 e. The smallest absolute Gasteiger partial charge is 0.128 e. The third-order valence-electron chi connectivity index (χ3n) is 2.82. The topological polar surface area (TPSA) is 35.2 Å². The number of hydrogen-bond donors (Lipinski definition) is 1. The number of rotatable bonds is 5. The van der Waals surface area contributed by atoms with Gasteiger partial charge in [0.15, 0.2) is 0 Å². The fourth-order valence-electron chi connectivity index (χ4n) is 1.75. The number of hydrogen-bond acceptors (Lipinski definition) is 2. The molecule has 19 heavy (non-hydrogen) atoms. The van der Waals surface area contributed by atoms with Crippen molar-refractivity contribution in [3.05, 3.63) is 69.4 Å². The van der Waals surface area contributed by atoms with Gasteiger partial charge in [-0.1, -0.05) is 40.2 Å². The van der Waals surface area contributed by atoms with Crippen molar-refractivity contribution < 1.29 is 9.13 Å². The van der Waals surface area contributed by atoms with Crippen LogP contribution in [0.15, 0.2) is 46.9 Å². The summed E-state index contributed by atoms with van der Waals surface area (Å²) in [5.74, 6) is -0.260. The molecule has 0 unspecified atom stereocenters. The zero-order valence-corrected chi connectivity index (χ0v) is 12.0. The highest BCUT2D eigenvalue weighted by Gasteiger charge is 2.04. The minimum Gasteiger partial charge on any atom is -0.372 e. The molecule has 2 rings (SSSR count). The molecular weight excluding hydrogens is 309 g/mol. The Morgan fingerprint density at radius 1 is 1.05 bits per heavy atom. The van der Waals surface area contributed by atoms with Crippen molar-refractivity contribution in [3.8, 4) is 0 Å². The van der Waals surface area contributed by atoms with Crippen molar-refractivity contribution in [3.63, 3.8) is 0 Å². The van der Waals surface area contributed by atoms with Crippen molar-refractivity contribution in [2.75, 3.05) is 0 Å². The molecule has 2 N–H and O–H groups in total. The van der Waals surface area contributed by atoms with E-state index in [0.717, 1.165) is 15.6 Å². The predicted octanol–water partition coefficient (Wildman–Crippen LogP) is 3.76. The monoisotopic (exact) mass is 323 g/mol. The summed E-state index contributed by atoms with van der Waals surface area (Å²) >= 11 is 3.45. The summed E-state index contributed by atoms with van der Waals surface area (Å²) in [4.78, 5) is 0. The lowest BCUT2D eigenvalue weighted by Gasteiger charge is -2.08. The van der Waals surface area contributed by atoms with Crippen LogP contribution in [-0.4, -0.2) is 0 Å². The van der Waals surface area contributed by atoms with Crippen LogP contribution in [0.1, 0.15) is 16.7 Å². The molecule has 0 saturated carbocycles. The van der Waals surface area contributed by atoms with Crippen LogP contribution in [0.2, 0.25) is 0 Å². The van der Waals surface area contributed by atoms with Crippen molar-refractivity contribution in [2.45, 2.75) is 19.8 Å². The minimum absolute atomic E-state index is 0.237. The first-order chi connectivity index (χ1) is 9.20. The fraction of sp³-hybridized carbons (Fsp3) is 0.200. The number of benzene rings is 2. The second-order valence-corrected chi connectivity index (χ2v) is 5.07. The third-order valence-corrected chi connectivity index (χ3v) is 3.59. The molecule has 0 aliphatic rings. The van der Waals surface area contributed by atoms with E-state index in [4.69, 9.17) is 10.5 Å². The first-order valence-corrected chi connectivity index (χ1v) is 6.78. The maximum absolute atomic E-state index is 13.6. The zero-order valence-electron chi connectivity index (χ0n) is 10.4. The molecule has 4 heteroatoms. The van der Waals surface area contributed by atoms with Gasteiger partial charge < -0.3 is 10.5 Å². The molecule has 100 valence electrons. The summed E-state index contributed by atoms with van der Waals surface area (Å²) in [5.41, 5.74) is 8.02. The van der Waals surface area contributed by atoms with Crippen LogP contribution in [0.3, 0.4) is 0 Å². The first kappa shape index (κ1) is 14.2. The van der Waals surface area contributed by atoms with Gasteiger partial charge in [0.25, 0.3) is 0 Å². The van der Waals surface area contributed by atoms with Gasteiger partial charge >= 0.3 is 0 Å². The fourth-order valence-corrected chi connectivity index (χ4v) is 2.15. The van der Waals surface area contributed by atoms with E-state index in [1.165, 1.54) is 6.07 Å². The third kappa shape index (κ3) is 3.86. The lowest BCUT2D eigenvalue weighted by atomic mass is 10.1. The summed E-state index contributed by atoms with van der Waals surface area (Å²) in [6.45, 7) is 1.08. The molecule has 0 spiro atoms.